The fourth-order valence-corrected chi connectivity index (χ4v) is 2.67. The predicted molar refractivity (Wildman–Crippen MR) is 99.2 cm³/mol. The summed E-state index contributed by atoms with van der Waals surface area (Å²) < 4.78 is 7.80. The number of allylic oxidation sites excluding steroid dienone is 1. The molecule has 0 aliphatic heterocycles. The number of ketones is 1. The van der Waals surface area contributed by atoms with Crippen LogP contribution in [-0.2, 0) is 6.54 Å². The molecular formula is C17H11BrClN3O4. The number of carbonyl (C=O) groups excluding carboxylic acids is 1. The van der Waals surface area contributed by atoms with Gasteiger partial charge in [0.25, 0.3) is 0 Å². The zero-order chi connectivity index (χ0) is 18.7. The third kappa shape index (κ3) is 4.27. The summed E-state index contributed by atoms with van der Waals surface area (Å²) in [5, 5.41) is 14.5. The molecule has 0 spiro atoms. The van der Waals surface area contributed by atoms with Crippen LogP contribution in [0.25, 0.3) is 6.08 Å². The summed E-state index contributed by atoms with van der Waals surface area (Å²) in [6.45, 7) is 0.183. The summed E-state index contributed by atoms with van der Waals surface area (Å²) in [6, 6.07) is 10.4. The second-order valence-electron chi connectivity index (χ2n) is 5.26. The predicted octanol–water partition coefficient (Wildman–Crippen LogP) is 4.74. The van der Waals surface area contributed by atoms with Gasteiger partial charge in [0.15, 0.2) is 10.8 Å². The molecule has 132 valence electrons. The first-order chi connectivity index (χ1) is 12.4. The molecule has 0 N–H and O–H groups in total. The number of rotatable bonds is 6. The molecule has 0 aliphatic rings. The molecule has 3 aromatic rings. The number of aromatic nitrogens is 2. The number of nitro groups is 1. The van der Waals surface area contributed by atoms with Gasteiger partial charge in [-0.1, -0.05) is 27.5 Å². The number of carbonyl (C=O) groups is 1. The fourth-order valence-electron chi connectivity index (χ4n) is 2.19. The smallest absolute Gasteiger partial charge is 0.408 e. The van der Waals surface area contributed by atoms with Crippen molar-refractivity contribution in [1.29, 1.82) is 0 Å². The summed E-state index contributed by atoms with van der Waals surface area (Å²) in [7, 11) is 0. The number of furan rings is 1. The van der Waals surface area contributed by atoms with E-state index in [0.29, 0.717) is 17.1 Å². The summed E-state index contributed by atoms with van der Waals surface area (Å²) in [5.74, 6) is 0.455. The van der Waals surface area contributed by atoms with Gasteiger partial charge in [-0.05, 0) is 53.5 Å². The lowest BCUT2D eigenvalue weighted by atomic mass is 10.1. The van der Waals surface area contributed by atoms with E-state index in [1.54, 1.807) is 42.5 Å². The van der Waals surface area contributed by atoms with Gasteiger partial charge < -0.3 is 14.5 Å². The molecule has 2 heterocycles. The first-order valence-corrected chi connectivity index (χ1v) is 8.53. The summed E-state index contributed by atoms with van der Waals surface area (Å²) in [5.41, 5.74) is 0.565. The molecule has 2 aromatic heterocycles. The summed E-state index contributed by atoms with van der Waals surface area (Å²) in [6.07, 6.45) is 4.34. The van der Waals surface area contributed by atoms with E-state index in [1.165, 1.54) is 17.0 Å². The molecule has 3 rings (SSSR count). The Hall–Kier alpha value is -2.71. The molecule has 0 unspecified atom stereocenters. The van der Waals surface area contributed by atoms with E-state index in [9.17, 15) is 14.9 Å². The van der Waals surface area contributed by atoms with Crippen molar-refractivity contribution in [1.82, 2.24) is 9.78 Å². The van der Waals surface area contributed by atoms with Crippen molar-refractivity contribution >= 4 is 45.2 Å². The first-order valence-electron chi connectivity index (χ1n) is 7.36. The van der Waals surface area contributed by atoms with Gasteiger partial charge in [-0.2, -0.15) is 4.68 Å². The highest BCUT2D eigenvalue weighted by molar-refractivity contribution is 9.10. The van der Waals surface area contributed by atoms with E-state index < -0.39 is 10.7 Å². The van der Waals surface area contributed by atoms with E-state index in [2.05, 4.69) is 21.0 Å². The van der Waals surface area contributed by atoms with Gasteiger partial charge in [0.1, 0.15) is 18.1 Å². The Labute approximate surface area is 161 Å². The third-order valence-electron chi connectivity index (χ3n) is 3.40. The van der Waals surface area contributed by atoms with Crippen LogP contribution >= 0.6 is 27.5 Å². The molecule has 0 saturated heterocycles. The number of hydrogen-bond acceptors (Lipinski definition) is 5. The summed E-state index contributed by atoms with van der Waals surface area (Å²) >= 11 is 9.07. The van der Waals surface area contributed by atoms with Crippen LogP contribution in [0.15, 0.2) is 57.6 Å². The van der Waals surface area contributed by atoms with Crippen LogP contribution in [0.5, 0.6) is 0 Å². The number of nitrogens with zero attached hydrogens (tertiary/aromatic N) is 3. The van der Waals surface area contributed by atoms with Crippen LogP contribution in [0.3, 0.4) is 0 Å². The van der Waals surface area contributed by atoms with Gasteiger partial charge in [-0.25, -0.2) is 0 Å². The molecule has 1 aromatic carbocycles. The van der Waals surface area contributed by atoms with Gasteiger partial charge >= 0.3 is 5.82 Å². The Kier molecular flexibility index (Phi) is 5.34. The Morgan fingerprint density at radius 3 is 2.69 bits per heavy atom. The van der Waals surface area contributed by atoms with Crippen LogP contribution in [0.1, 0.15) is 21.9 Å². The highest BCUT2D eigenvalue weighted by Crippen LogP contribution is 2.22. The average Bonchev–Trinajstić information content (AvgIpc) is 3.20. The summed E-state index contributed by atoms with van der Waals surface area (Å²) in [4.78, 5) is 22.2. The van der Waals surface area contributed by atoms with Gasteiger partial charge in [0.2, 0.25) is 0 Å². The van der Waals surface area contributed by atoms with Crippen molar-refractivity contribution in [3.63, 3.8) is 0 Å². The van der Waals surface area contributed by atoms with Gasteiger partial charge in [0.05, 0.1) is 11.3 Å². The van der Waals surface area contributed by atoms with Crippen molar-refractivity contribution in [3.8, 4) is 0 Å². The molecule has 0 saturated carbocycles. The lowest BCUT2D eigenvalue weighted by molar-refractivity contribution is -0.389. The minimum atomic E-state index is -0.650. The standard InChI is InChI=1S/C17H11BrClN3O4/c18-12-3-1-11(2-4-12)16(23)8-7-13-5-6-14(26-13)9-21-10-15(19)17(20-21)22(24)25/h1-8,10H,9H2/b8-7+. The van der Waals surface area contributed by atoms with E-state index in [1.807, 2.05) is 0 Å². The molecule has 0 fully saturated rings. The Balaban J connectivity index is 1.68. The maximum Gasteiger partial charge on any atom is 0.408 e. The van der Waals surface area contributed by atoms with Gasteiger partial charge in [-0.3, -0.25) is 4.79 Å². The maximum absolute atomic E-state index is 12.1. The average molecular weight is 437 g/mol. The van der Waals surface area contributed by atoms with Crippen molar-refractivity contribution in [2.45, 2.75) is 6.54 Å². The maximum atomic E-state index is 12.1. The molecular weight excluding hydrogens is 426 g/mol. The molecule has 0 radical (unpaired) electrons. The van der Waals surface area contributed by atoms with Crippen molar-refractivity contribution < 1.29 is 14.1 Å². The molecule has 0 amide bonds. The molecule has 0 atom stereocenters. The Morgan fingerprint density at radius 1 is 1.31 bits per heavy atom. The highest BCUT2D eigenvalue weighted by Gasteiger charge is 2.19. The van der Waals surface area contributed by atoms with Crippen LogP contribution in [0, 0.1) is 10.1 Å². The molecule has 9 heteroatoms. The zero-order valence-electron chi connectivity index (χ0n) is 13.1. The minimum absolute atomic E-state index is 0.0400. The monoisotopic (exact) mass is 435 g/mol. The number of hydrogen-bond donors (Lipinski definition) is 0. The molecule has 26 heavy (non-hydrogen) atoms. The molecule has 7 nitrogen and oxygen atoms in total. The molecule has 0 aliphatic carbocycles. The van der Waals surface area contributed by atoms with Crippen LogP contribution in [0.2, 0.25) is 5.02 Å². The van der Waals surface area contributed by atoms with E-state index in [0.717, 1.165) is 4.47 Å². The lowest BCUT2D eigenvalue weighted by Gasteiger charge is -1.95. The Bertz CT molecular complexity index is 992. The number of halogens is 2. The molecule has 0 bridgehead atoms. The third-order valence-corrected chi connectivity index (χ3v) is 4.20. The van der Waals surface area contributed by atoms with Crippen LogP contribution in [-0.4, -0.2) is 20.5 Å². The van der Waals surface area contributed by atoms with E-state index >= 15 is 0 Å². The quantitative estimate of drug-likeness (QED) is 0.241. The van der Waals surface area contributed by atoms with E-state index in [4.69, 9.17) is 16.0 Å². The minimum Gasteiger partial charge on any atom is -0.460 e. The Morgan fingerprint density at radius 2 is 2.04 bits per heavy atom. The highest BCUT2D eigenvalue weighted by atomic mass is 79.9. The zero-order valence-corrected chi connectivity index (χ0v) is 15.5. The topological polar surface area (TPSA) is 91.2 Å². The first kappa shape index (κ1) is 18.1. The van der Waals surface area contributed by atoms with Gasteiger partial charge in [-0.15, -0.1) is 0 Å². The fraction of sp³-hybridized carbons (Fsp3) is 0.0588. The lowest BCUT2D eigenvalue weighted by Crippen LogP contribution is -2.00. The van der Waals surface area contributed by atoms with Crippen molar-refractivity contribution in [2.24, 2.45) is 0 Å². The number of benzene rings is 1. The van der Waals surface area contributed by atoms with Crippen LogP contribution < -0.4 is 0 Å². The normalized spacial score (nSPS) is 11.2. The van der Waals surface area contributed by atoms with Crippen molar-refractivity contribution in [3.05, 3.63) is 85.4 Å². The second-order valence-corrected chi connectivity index (χ2v) is 6.59. The largest absolute Gasteiger partial charge is 0.460 e. The van der Waals surface area contributed by atoms with Gasteiger partial charge in [0, 0.05) is 10.0 Å². The van der Waals surface area contributed by atoms with Crippen LogP contribution in [0.4, 0.5) is 5.82 Å². The van der Waals surface area contributed by atoms with E-state index in [-0.39, 0.29) is 17.4 Å². The SMILES string of the molecule is O=C(/C=C/c1ccc(Cn2cc(Cl)c([N+](=O)[O-])n2)o1)c1ccc(Br)cc1. The second kappa shape index (κ2) is 7.67. The van der Waals surface area contributed by atoms with Crippen molar-refractivity contribution in [2.75, 3.05) is 0 Å².